The largest absolute Gasteiger partial charge is 0.481 e. The molecule has 72 valence electrons. The summed E-state index contributed by atoms with van der Waals surface area (Å²) < 4.78 is 0. The van der Waals surface area contributed by atoms with E-state index >= 15 is 0 Å². The predicted octanol–water partition coefficient (Wildman–Crippen LogP) is 0.127. The van der Waals surface area contributed by atoms with E-state index in [1.807, 2.05) is 0 Å². The van der Waals surface area contributed by atoms with Gasteiger partial charge in [0.2, 0.25) is 5.91 Å². The predicted molar refractivity (Wildman–Crippen MR) is 44.7 cm³/mol. The smallest absolute Gasteiger partial charge is 0.303 e. The van der Waals surface area contributed by atoms with Crippen molar-refractivity contribution in [2.24, 2.45) is 5.92 Å². The van der Waals surface area contributed by atoms with Crippen LogP contribution in [-0.2, 0) is 9.59 Å². The lowest BCUT2D eigenvalue weighted by molar-refractivity contribution is -0.138. The topological polar surface area (TPSA) is 90.2 Å². The number of aliphatic carboxylic acids is 1. The van der Waals surface area contributed by atoms with Crippen molar-refractivity contribution >= 4 is 11.9 Å². The van der Waals surface area contributed by atoms with Crippen molar-refractivity contribution in [2.45, 2.75) is 19.8 Å². The summed E-state index contributed by atoms with van der Waals surface area (Å²) in [6.45, 7) is 1.65. The molecule has 2 N–H and O–H groups in total. The third kappa shape index (κ3) is 6.81. The molecular weight excluding hydrogens is 172 g/mol. The quantitative estimate of drug-likeness (QED) is 0.594. The Labute approximate surface area is 76.4 Å². The molecule has 0 rings (SSSR count). The van der Waals surface area contributed by atoms with Crippen LogP contribution in [0.25, 0.3) is 0 Å². The Morgan fingerprint density at radius 2 is 2.15 bits per heavy atom. The number of carbonyl (C=O) groups excluding carboxylic acids is 1. The summed E-state index contributed by atoms with van der Waals surface area (Å²) in [7, 11) is 0. The van der Waals surface area contributed by atoms with E-state index in [9.17, 15) is 9.59 Å². The van der Waals surface area contributed by atoms with Gasteiger partial charge < -0.3 is 10.4 Å². The maximum Gasteiger partial charge on any atom is 0.303 e. The molecule has 5 nitrogen and oxygen atoms in total. The van der Waals surface area contributed by atoms with Crippen LogP contribution in [0.5, 0.6) is 0 Å². The van der Waals surface area contributed by atoms with Crippen LogP contribution in [0.15, 0.2) is 0 Å². The van der Waals surface area contributed by atoms with Crippen molar-refractivity contribution in [3.05, 3.63) is 0 Å². The second kappa shape index (κ2) is 6.00. The maximum absolute atomic E-state index is 10.9. The van der Waals surface area contributed by atoms with E-state index in [1.54, 1.807) is 13.0 Å². The molecule has 0 heterocycles. The average molecular weight is 184 g/mol. The number of rotatable bonds is 5. The lowest BCUT2D eigenvalue weighted by Gasteiger charge is -2.06. The Kier molecular flexibility index (Phi) is 5.28. The SMILES string of the molecule is CC(CC(=O)O)CC(=O)NCC#N. The third-order valence-corrected chi connectivity index (χ3v) is 1.42. The van der Waals surface area contributed by atoms with Crippen LogP contribution in [0.3, 0.4) is 0 Å². The fourth-order valence-corrected chi connectivity index (χ4v) is 0.897. The van der Waals surface area contributed by atoms with Gasteiger partial charge in [-0.1, -0.05) is 6.92 Å². The molecule has 0 aliphatic rings. The van der Waals surface area contributed by atoms with Crippen molar-refractivity contribution in [3.63, 3.8) is 0 Å². The summed E-state index contributed by atoms with van der Waals surface area (Å²) >= 11 is 0. The van der Waals surface area contributed by atoms with Crippen molar-refractivity contribution in [1.29, 1.82) is 5.26 Å². The third-order valence-electron chi connectivity index (χ3n) is 1.42. The number of hydrogen-bond acceptors (Lipinski definition) is 3. The molecule has 0 saturated heterocycles. The Morgan fingerprint density at radius 1 is 1.54 bits per heavy atom. The fraction of sp³-hybridized carbons (Fsp3) is 0.625. The zero-order chi connectivity index (χ0) is 10.3. The lowest BCUT2D eigenvalue weighted by atomic mass is 10.0. The van der Waals surface area contributed by atoms with Gasteiger partial charge in [-0.2, -0.15) is 5.26 Å². The minimum Gasteiger partial charge on any atom is -0.481 e. The highest BCUT2D eigenvalue weighted by Crippen LogP contribution is 2.06. The first kappa shape index (κ1) is 11.4. The first-order valence-corrected chi connectivity index (χ1v) is 3.91. The Morgan fingerprint density at radius 3 is 2.62 bits per heavy atom. The molecule has 1 amide bonds. The second-order valence-corrected chi connectivity index (χ2v) is 2.84. The Balaban J connectivity index is 3.66. The van der Waals surface area contributed by atoms with Gasteiger partial charge in [-0.05, 0) is 5.92 Å². The fourth-order valence-electron chi connectivity index (χ4n) is 0.897. The molecule has 0 aromatic heterocycles. The summed E-state index contributed by atoms with van der Waals surface area (Å²) in [5.41, 5.74) is 0. The summed E-state index contributed by atoms with van der Waals surface area (Å²) in [4.78, 5) is 21.2. The standard InChI is InChI=1S/C8H12N2O3/c1-6(5-8(12)13)4-7(11)10-3-2-9/h6H,3-5H2,1H3,(H,10,11)(H,12,13). The molecule has 0 bridgehead atoms. The number of nitrogens with zero attached hydrogens (tertiary/aromatic N) is 1. The van der Waals surface area contributed by atoms with Gasteiger partial charge in [-0.15, -0.1) is 0 Å². The van der Waals surface area contributed by atoms with Crippen LogP contribution in [0.2, 0.25) is 0 Å². The molecule has 0 fully saturated rings. The molecule has 13 heavy (non-hydrogen) atoms. The summed E-state index contributed by atoms with van der Waals surface area (Å²) in [6, 6.07) is 1.76. The summed E-state index contributed by atoms with van der Waals surface area (Å²) in [5, 5.41) is 18.9. The number of carboxylic acids is 1. The van der Waals surface area contributed by atoms with Crippen molar-refractivity contribution < 1.29 is 14.7 Å². The van der Waals surface area contributed by atoms with Gasteiger partial charge in [0, 0.05) is 12.8 Å². The van der Waals surface area contributed by atoms with Gasteiger partial charge in [0.25, 0.3) is 0 Å². The van der Waals surface area contributed by atoms with E-state index in [0.29, 0.717) is 0 Å². The van der Waals surface area contributed by atoms with E-state index in [1.165, 1.54) is 0 Å². The first-order valence-electron chi connectivity index (χ1n) is 3.91. The monoisotopic (exact) mass is 184 g/mol. The molecule has 1 unspecified atom stereocenters. The van der Waals surface area contributed by atoms with E-state index in [4.69, 9.17) is 10.4 Å². The number of carboxylic acid groups (broad SMARTS) is 1. The van der Waals surface area contributed by atoms with Gasteiger partial charge in [0.15, 0.2) is 0 Å². The van der Waals surface area contributed by atoms with Gasteiger partial charge >= 0.3 is 5.97 Å². The second-order valence-electron chi connectivity index (χ2n) is 2.84. The molecule has 0 aromatic rings. The lowest BCUT2D eigenvalue weighted by Crippen LogP contribution is -2.25. The maximum atomic E-state index is 10.9. The first-order chi connectivity index (χ1) is 6.06. The minimum absolute atomic E-state index is 0.0278. The zero-order valence-electron chi connectivity index (χ0n) is 7.41. The molecule has 1 atom stereocenters. The van der Waals surface area contributed by atoms with E-state index in [-0.39, 0.29) is 31.2 Å². The van der Waals surface area contributed by atoms with E-state index < -0.39 is 5.97 Å². The van der Waals surface area contributed by atoms with Gasteiger partial charge in [0.05, 0.1) is 6.07 Å². The number of carbonyl (C=O) groups is 2. The highest BCUT2D eigenvalue weighted by Gasteiger charge is 2.11. The van der Waals surface area contributed by atoms with Gasteiger partial charge in [-0.25, -0.2) is 0 Å². The molecule has 0 aliphatic carbocycles. The molecule has 0 aromatic carbocycles. The Bertz CT molecular complexity index is 232. The highest BCUT2D eigenvalue weighted by atomic mass is 16.4. The molecule has 0 spiro atoms. The number of nitrogens with one attached hydrogen (secondary N) is 1. The van der Waals surface area contributed by atoms with Crippen molar-refractivity contribution in [2.75, 3.05) is 6.54 Å². The average Bonchev–Trinajstić information content (AvgIpc) is 1.98. The van der Waals surface area contributed by atoms with Gasteiger partial charge in [-0.3, -0.25) is 9.59 Å². The van der Waals surface area contributed by atoms with E-state index in [2.05, 4.69) is 5.32 Å². The molecule has 5 heteroatoms. The molecule has 0 saturated carbocycles. The number of amides is 1. The van der Waals surface area contributed by atoms with Crippen LogP contribution in [-0.4, -0.2) is 23.5 Å². The van der Waals surface area contributed by atoms with Crippen LogP contribution < -0.4 is 5.32 Å². The summed E-state index contributed by atoms with van der Waals surface area (Å²) in [5.74, 6) is -1.40. The number of hydrogen-bond donors (Lipinski definition) is 2. The van der Waals surface area contributed by atoms with Crippen LogP contribution in [0.1, 0.15) is 19.8 Å². The highest BCUT2D eigenvalue weighted by molar-refractivity contribution is 5.77. The van der Waals surface area contributed by atoms with Crippen LogP contribution in [0.4, 0.5) is 0 Å². The normalized spacial score (nSPS) is 11.4. The summed E-state index contributed by atoms with van der Waals surface area (Å²) in [6.07, 6.45) is 0.119. The van der Waals surface area contributed by atoms with Crippen molar-refractivity contribution in [1.82, 2.24) is 5.32 Å². The molecule has 0 aliphatic heterocycles. The van der Waals surface area contributed by atoms with Crippen LogP contribution in [0, 0.1) is 17.2 Å². The molecule has 0 radical (unpaired) electrons. The van der Waals surface area contributed by atoms with Crippen molar-refractivity contribution in [3.8, 4) is 6.07 Å². The Hall–Kier alpha value is -1.57. The van der Waals surface area contributed by atoms with E-state index in [0.717, 1.165) is 0 Å². The van der Waals surface area contributed by atoms with Gasteiger partial charge in [0.1, 0.15) is 6.54 Å². The zero-order valence-corrected chi connectivity index (χ0v) is 7.41. The number of nitriles is 1. The molecular formula is C8H12N2O3. The minimum atomic E-state index is -0.916. The van der Waals surface area contributed by atoms with Crippen LogP contribution >= 0.6 is 0 Å².